The molecule has 0 bridgehead atoms. The van der Waals surface area contributed by atoms with Crippen molar-refractivity contribution in [2.75, 3.05) is 11.6 Å². The van der Waals surface area contributed by atoms with Crippen LogP contribution in [0.2, 0.25) is 0 Å². The fourth-order valence-corrected chi connectivity index (χ4v) is 2.85. The van der Waals surface area contributed by atoms with Gasteiger partial charge in [-0.15, -0.1) is 11.6 Å². The van der Waals surface area contributed by atoms with Gasteiger partial charge in [-0.2, -0.15) is 12.8 Å². The van der Waals surface area contributed by atoms with Gasteiger partial charge in [0.15, 0.2) is 0 Å². The number of benzene rings is 1. The van der Waals surface area contributed by atoms with Crippen LogP contribution in [0, 0.1) is 6.92 Å². The zero-order valence-electron chi connectivity index (χ0n) is 10.3. The molecule has 0 N–H and O–H groups in total. The molecule has 0 aliphatic heterocycles. The van der Waals surface area contributed by atoms with Crippen LogP contribution in [0.1, 0.15) is 5.56 Å². The predicted octanol–water partition coefficient (Wildman–Crippen LogP) is -1.82. The molecule has 0 unspecified atom stereocenters. The van der Waals surface area contributed by atoms with Crippen molar-refractivity contribution in [2.24, 2.45) is 0 Å². The van der Waals surface area contributed by atoms with Crippen molar-refractivity contribution in [3.63, 3.8) is 0 Å². The Labute approximate surface area is 142 Å². The topological polar surface area (TPSA) is 84.9 Å². The fraction of sp³-hybridized carbons (Fsp3) is 0.333. The third-order valence-electron chi connectivity index (χ3n) is 1.85. The van der Waals surface area contributed by atoms with E-state index in [-0.39, 0.29) is 46.9 Å². The minimum atomic E-state index is -3.68. The maximum Gasteiger partial charge on any atom is 1.00 e. The van der Waals surface area contributed by atoms with Gasteiger partial charge in [0, 0.05) is 10.8 Å². The molecule has 0 aliphatic carbocycles. The van der Waals surface area contributed by atoms with E-state index in [1.807, 2.05) is 0 Å². The van der Waals surface area contributed by atoms with E-state index in [4.69, 9.17) is 15.8 Å². The molecule has 10 heteroatoms. The largest absolute Gasteiger partial charge is 1.00 e. The van der Waals surface area contributed by atoms with E-state index in [1.165, 1.54) is 12.1 Å². The van der Waals surface area contributed by atoms with Gasteiger partial charge in [-0.05, 0) is 30.7 Å². The minimum Gasteiger partial charge on any atom is -0.691 e. The first-order chi connectivity index (χ1) is 8.48. The van der Waals surface area contributed by atoms with Crippen LogP contribution < -0.4 is 39.0 Å². The molecule has 1 rings (SSSR count). The third-order valence-corrected chi connectivity index (χ3v) is 3.97. The van der Waals surface area contributed by atoms with Crippen molar-refractivity contribution < 1.29 is 56.8 Å². The van der Waals surface area contributed by atoms with Crippen LogP contribution in [-0.2, 0) is 19.5 Å². The molecule has 0 amide bonds. The Hall–Kier alpha value is 0.490. The van der Waals surface area contributed by atoms with E-state index in [2.05, 4.69) is 9.37 Å². The summed E-state index contributed by atoms with van der Waals surface area (Å²) in [5.74, 6) is -0.103. The maximum absolute atomic E-state index is 11.4. The van der Waals surface area contributed by atoms with Crippen molar-refractivity contribution >= 4 is 33.8 Å². The molecule has 0 heterocycles. The van der Waals surface area contributed by atoms with Gasteiger partial charge in [-0.25, -0.2) is 0 Å². The Morgan fingerprint density at radius 2 is 2.11 bits per heavy atom. The summed E-state index contributed by atoms with van der Waals surface area (Å²) < 4.78 is 31.8. The van der Waals surface area contributed by atoms with Crippen LogP contribution in [-0.4, -0.2) is 20.1 Å². The molecule has 0 fully saturated rings. The first-order valence-corrected chi connectivity index (χ1v) is 7.56. The van der Waals surface area contributed by atoms with Crippen molar-refractivity contribution in [3.8, 4) is 5.75 Å². The molecule has 102 valence electrons. The number of hydrogen-bond acceptors (Lipinski definition) is 7. The van der Waals surface area contributed by atoms with Crippen LogP contribution in [0.3, 0.4) is 0 Å². The van der Waals surface area contributed by atoms with E-state index in [1.54, 1.807) is 13.0 Å². The first-order valence-electron chi connectivity index (χ1n) is 4.70. The molecule has 0 atom stereocenters. The Morgan fingerprint density at radius 3 is 2.63 bits per heavy atom. The molecule has 0 aliphatic rings. The van der Waals surface area contributed by atoms with Gasteiger partial charge in [-0.3, -0.25) is 5.04 Å². The summed E-state index contributed by atoms with van der Waals surface area (Å²) in [5.41, 5.74) is 0.577. The monoisotopic (exact) mass is 336 g/mol. The second-order valence-corrected chi connectivity index (χ2v) is 6.02. The van der Waals surface area contributed by atoms with E-state index in [0.29, 0.717) is 22.5 Å². The molecular weight excluding hydrogens is 327 g/mol. The number of alkyl halides is 1. The van der Waals surface area contributed by atoms with E-state index < -0.39 is 10.1 Å². The van der Waals surface area contributed by atoms with Crippen LogP contribution in [0.4, 0.5) is 0 Å². The Kier molecular flexibility index (Phi) is 9.67. The Morgan fingerprint density at radius 1 is 1.42 bits per heavy atom. The maximum atomic E-state index is 11.4. The molecule has 6 nitrogen and oxygen atoms in total. The first kappa shape index (κ1) is 19.5. The zero-order chi connectivity index (χ0) is 13.6. The number of rotatable bonds is 7. The van der Waals surface area contributed by atoms with Crippen molar-refractivity contribution in [3.05, 3.63) is 23.8 Å². The van der Waals surface area contributed by atoms with E-state index in [9.17, 15) is 13.7 Å². The van der Waals surface area contributed by atoms with Crippen LogP contribution >= 0.6 is 23.6 Å². The molecule has 1 aromatic carbocycles. The Balaban J connectivity index is 0.00000324. The summed E-state index contributed by atoms with van der Waals surface area (Å²) in [6.45, 7) is 1.66. The molecule has 0 aromatic heterocycles. The minimum absolute atomic E-state index is 0. The molecule has 1 aromatic rings. The van der Waals surface area contributed by atoms with Gasteiger partial charge in [0.05, 0.1) is 17.8 Å². The summed E-state index contributed by atoms with van der Waals surface area (Å²) in [4.78, 5) is 0.574. The molecule has 0 spiro atoms. The van der Waals surface area contributed by atoms with Crippen LogP contribution in [0.5, 0.6) is 5.75 Å². The van der Waals surface area contributed by atoms with Crippen molar-refractivity contribution in [1.82, 2.24) is 0 Å². The molecule has 0 saturated carbocycles. The predicted molar refractivity (Wildman–Crippen MR) is 64.3 cm³/mol. The molecule has 19 heavy (non-hydrogen) atoms. The van der Waals surface area contributed by atoms with Crippen molar-refractivity contribution in [1.29, 1.82) is 0 Å². The van der Waals surface area contributed by atoms with Gasteiger partial charge in [0.2, 0.25) is 0 Å². The van der Waals surface area contributed by atoms with E-state index >= 15 is 0 Å². The Bertz CT molecular complexity index is 495. The van der Waals surface area contributed by atoms with Gasteiger partial charge in [0.25, 0.3) is 0 Å². The SMILES string of the molecule is Cc1cc(SOO[O-])ccc1OS(=O)(=O)CCCl.[Na+]. The van der Waals surface area contributed by atoms with Gasteiger partial charge in [-0.1, -0.05) is 0 Å². The number of halogens is 1. The number of hydrogen-bond donors (Lipinski definition) is 0. The second-order valence-electron chi connectivity index (χ2n) is 3.18. The van der Waals surface area contributed by atoms with E-state index in [0.717, 1.165) is 0 Å². The van der Waals surface area contributed by atoms with Gasteiger partial charge >= 0.3 is 39.7 Å². The summed E-state index contributed by atoms with van der Waals surface area (Å²) in [7, 11) is -3.68. The summed E-state index contributed by atoms with van der Waals surface area (Å²) in [5, 5.41) is 12.9. The molecular formula is C9H10ClNaO6S2. The van der Waals surface area contributed by atoms with Gasteiger partial charge < -0.3 is 9.44 Å². The average Bonchev–Trinajstić information content (AvgIpc) is 2.29. The molecule has 0 saturated heterocycles. The van der Waals surface area contributed by atoms with Crippen LogP contribution in [0.25, 0.3) is 0 Å². The molecule has 0 radical (unpaired) electrons. The van der Waals surface area contributed by atoms with Gasteiger partial charge in [0.1, 0.15) is 5.75 Å². The fourth-order valence-electron chi connectivity index (χ4n) is 1.09. The normalized spacial score (nSPS) is 10.9. The smallest absolute Gasteiger partial charge is 0.691 e. The quantitative estimate of drug-likeness (QED) is 0.145. The summed E-state index contributed by atoms with van der Waals surface area (Å²) in [6, 6.07) is 4.58. The van der Waals surface area contributed by atoms with Crippen LogP contribution in [0.15, 0.2) is 23.1 Å². The summed E-state index contributed by atoms with van der Waals surface area (Å²) >= 11 is 6.06. The zero-order valence-corrected chi connectivity index (χ0v) is 14.7. The second kappa shape index (κ2) is 9.43. The third kappa shape index (κ3) is 7.16. The number of aryl methyl sites for hydroxylation is 1. The average molecular weight is 337 g/mol. The van der Waals surface area contributed by atoms with Crippen molar-refractivity contribution in [2.45, 2.75) is 11.8 Å². The standard InChI is InChI=1S/C9H11ClO6S2.Na/c1-7-6-8(17-16-15-11)2-3-9(7)14-18(12,13)5-4-10;/h2-3,6,11H,4-5H2,1H3;/q;+1/p-1. The summed E-state index contributed by atoms with van der Waals surface area (Å²) in [6.07, 6.45) is 0.